The van der Waals surface area contributed by atoms with Crippen LogP contribution in [0.3, 0.4) is 0 Å². The minimum absolute atomic E-state index is 0.385. The summed E-state index contributed by atoms with van der Waals surface area (Å²) in [5, 5.41) is 10.0. The van der Waals surface area contributed by atoms with Crippen molar-refractivity contribution >= 4 is 0 Å². The maximum Gasteiger partial charge on any atom is 0.415 e. The van der Waals surface area contributed by atoms with Gasteiger partial charge in [0.2, 0.25) is 0 Å². The lowest BCUT2D eigenvalue weighted by molar-refractivity contribution is -0.209. The fourth-order valence-electron chi connectivity index (χ4n) is 1.05. The zero-order chi connectivity index (χ0) is 9.19. The molecule has 1 heterocycles. The molecule has 0 aromatic rings. The number of alkyl halides is 3. The van der Waals surface area contributed by atoms with Crippen molar-refractivity contribution < 1.29 is 18.3 Å². The van der Waals surface area contributed by atoms with Crippen molar-refractivity contribution in [3.63, 3.8) is 0 Å². The Morgan fingerprint density at radius 3 is 2.58 bits per heavy atom. The molecule has 1 aliphatic heterocycles. The molecule has 12 heavy (non-hydrogen) atoms. The number of rotatable bonds is 2. The van der Waals surface area contributed by atoms with Crippen molar-refractivity contribution in [3.05, 3.63) is 0 Å². The van der Waals surface area contributed by atoms with Gasteiger partial charge in [0, 0.05) is 19.6 Å². The predicted molar refractivity (Wildman–Crippen MR) is 36.3 cm³/mol. The number of halogens is 3. The van der Waals surface area contributed by atoms with Crippen LogP contribution in [0.25, 0.3) is 0 Å². The lowest BCUT2D eigenvalue weighted by Gasteiger charge is -2.21. The van der Waals surface area contributed by atoms with E-state index >= 15 is 0 Å². The molecule has 6 heteroatoms. The Kier molecular flexibility index (Phi) is 2.92. The van der Waals surface area contributed by atoms with E-state index in [0.717, 1.165) is 6.42 Å². The highest BCUT2D eigenvalue weighted by Crippen LogP contribution is 2.20. The second kappa shape index (κ2) is 3.59. The summed E-state index contributed by atoms with van der Waals surface area (Å²) in [6, 6.07) is 0. The van der Waals surface area contributed by atoms with Gasteiger partial charge in [-0.2, -0.15) is 13.2 Å². The largest absolute Gasteiger partial charge is 0.415 e. The Labute approximate surface area is 68.1 Å². The fraction of sp³-hybridized carbons (Fsp3) is 1.00. The standard InChI is InChI=1S/C6H11F3N2O/c7-6(8,9)5(12)4-11-3-1-2-10-11/h5,10,12H,1-4H2. The first kappa shape index (κ1) is 9.76. The molecule has 0 amide bonds. The van der Waals surface area contributed by atoms with Crippen molar-refractivity contribution in [1.82, 2.24) is 10.4 Å². The topological polar surface area (TPSA) is 35.5 Å². The van der Waals surface area contributed by atoms with E-state index in [1.807, 2.05) is 0 Å². The van der Waals surface area contributed by atoms with E-state index in [1.165, 1.54) is 5.01 Å². The molecule has 0 bridgehead atoms. The normalized spacial score (nSPS) is 23.0. The van der Waals surface area contributed by atoms with Crippen LogP contribution in [0.2, 0.25) is 0 Å². The van der Waals surface area contributed by atoms with E-state index in [0.29, 0.717) is 13.1 Å². The van der Waals surface area contributed by atoms with Gasteiger partial charge in [-0.3, -0.25) is 5.43 Å². The van der Waals surface area contributed by atoms with E-state index in [2.05, 4.69) is 5.43 Å². The van der Waals surface area contributed by atoms with Crippen LogP contribution in [0.15, 0.2) is 0 Å². The van der Waals surface area contributed by atoms with Crippen molar-refractivity contribution in [2.45, 2.75) is 18.7 Å². The highest BCUT2D eigenvalue weighted by molar-refractivity contribution is 4.71. The third kappa shape index (κ3) is 2.62. The maximum absolute atomic E-state index is 11.8. The fourth-order valence-corrected chi connectivity index (χ4v) is 1.05. The number of hydrogen-bond acceptors (Lipinski definition) is 3. The Hall–Kier alpha value is -0.330. The summed E-state index contributed by atoms with van der Waals surface area (Å²) >= 11 is 0. The molecular weight excluding hydrogens is 173 g/mol. The number of aliphatic hydroxyl groups excluding tert-OH is 1. The van der Waals surface area contributed by atoms with Crippen molar-refractivity contribution in [2.75, 3.05) is 19.6 Å². The summed E-state index contributed by atoms with van der Waals surface area (Å²) in [7, 11) is 0. The Balaban J connectivity index is 2.30. The Morgan fingerprint density at radius 2 is 2.17 bits per heavy atom. The third-order valence-corrected chi connectivity index (χ3v) is 1.71. The van der Waals surface area contributed by atoms with Crippen LogP contribution in [-0.2, 0) is 0 Å². The lowest BCUT2D eigenvalue weighted by atomic mass is 10.3. The zero-order valence-electron chi connectivity index (χ0n) is 6.43. The van der Waals surface area contributed by atoms with Gasteiger partial charge in [-0.15, -0.1) is 0 Å². The second-order valence-corrected chi connectivity index (χ2v) is 2.77. The predicted octanol–water partition coefficient (Wildman–Crippen LogP) is 0.120. The monoisotopic (exact) mass is 184 g/mol. The second-order valence-electron chi connectivity index (χ2n) is 2.77. The molecule has 1 fully saturated rings. The summed E-state index contributed by atoms with van der Waals surface area (Å²) in [5.74, 6) is 0. The summed E-state index contributed by atoms with van der Waals surface area (Å²) in [4.78, 5) is 0. The number of nitrogens with zero attached hydrogens (tertiary/aromatic N) is 1. The highest BCUT2D eigenvalue weighted by atomic mass is 19.4. The number of aliphatic hydroxyl groups is 1. The van der Waals surface area contributed by atoms with E-state index in [-0.39, 0.29) is 6.54 Å². The number of hydrazine groups is 1. The summed E-state index contributed by atoms with van der Waals surface area (Å²) in [6.45, 7) is 0.862. The Morgan fingerprint density at radius 1 is 1.50 bits per heavy atom. The van der Waals surface area contributed by atoms with Crippen LogP contribution in [0.4, 0.5) is 13.2 Å². The van der Waals surface area contributed by atoms with Crippen LogP contribution >= 0.6 is 0 Å². The third-order valence-electron chi connectivity index (χ3n) is 1.71. The van der Waals surface area contributed by atoms with E-state index in [1.54, 1.807) is 0 Å². The first-order chi connectivity index (χ1) is 5.50. The molecule has 0 saturated carbocycles. The molecule has 1 aliphatic rings. The molecular formula is C6H11F3N2O. The molecule has 3 nitrogen and oxygen atoms in total. The summed E-state index contributed by atoms with van der Waals surface area (Å²) < 4.78 is 35.4. The van der Waals surface area contributed by atoms with Crippen molar-refractivity contribution in [2.24, 2.45) is 0 Å². The van der Waals surface area contributed by atoms with Gasteiger partial charge in [0.15, 0.2) is 6.10 Å². The van der Waals surface area contributed by atoms with Gasteiger partial charge in [-0.25, -0.2) is 5.01 Å². The smallest absolute Gasteiger partial charge is 0.382 e. The van der Waals surface area contributed by atoms with Crippen LogP contribution < -0.4 is 5.43 Å². The minimum Gasteiger partial charge on any atom is -0.382 e. The molecule has 1 unspecified atom stereocenters. The van der Waals surface area contributed by atoms with Gasteiger partial charge in [0.25, 0.3) is 0 Å². The molecule has 2 N–H and O–H groups in total. The van der Waals surface area contributed by atoms with Gasteiger partial charge < -0.3 is 5.11 Å². The number of hydrogen-bond donors (Lipinski definition) is 2. The summed E-state index contributed by atoms with van der Waals surface area (Å²) in [5.41, 5.74) is 2.73. The molecule has 0 spiro atoms. The molecule has 0 aromatic carbocycles. The van der Waals surface area contributed by atoms with Crippen LogP contribution in [0.5, 0.6) is 0 Å². The number of nitrogens with one attached hydrogen (secondary N) is 1. The van der Waals surface area contributed by atoms with Gasteiger partial charge in [-0.1, -0.05) is 0 Å². The van der Waals surface area contributed by atoms with Crippen molar-refractivity contribution in [1.29, 1.82) is 0 Å². The number of β-amino-alcohol motifs (C(OH)–C–C–N with tert-alkyl or cyclic N) is 1. The first-order valence-electron chi connectivity index (χ1n) is 3.73. The van der Waals surface area contributed by atoms with Crippen LogP contribution in [0, 0.1) is 0 Å². The average Bonchev–Trinajstić information content (AvgIpc) is 2.37. The molecule has 1 atom stereocenters. The maximum atomic E-state index is 11.8. The van der Waals surface area contributed by atoms with Gasteiger partial charge in [0.1, 0.15) is 0 Å². The molecule has 72 valence electrons. The van der Waals surface area contributed by atoms with E-state index < -0.39 is 12.3 Å². The minimum atomic E-state index is -4.51. The average molecular weight is 184 g/mol. The zero-order valence-corrected chi connectivity index (χ0v) is 6.43. The molecule has 1 rings (SSSR count). The SMILES string of the molecule is OC(CN1CCCN1)C(F)(F)F. The molecule has 1 saturated heterocycles. The van der Waals surface area contributed by atoms with Crippen LogP contribution in [-0.4, -0.2) is 42.0 Å². The summed E-state index contributed by atoms with van der Waals surface area (Å²) in [6.07, 6.45) is -5.93. The molecule has 0 aliphatic carbocycles. The quantitative estimate of drug-likeness (QED) is 0.639. The van der Waals surface area contributed by atoms with E-state index in [9.17, 15) is 13.2 Å². The van der Waals surface area contributed by atoms with E-state index in [4.69, 9.17) is 5.11 Å². The van der Waals surface area contributed by atoms with Crippen LogP contribution in [0.1, 0.15) is 6.42 Å². The molecule has 0 aromatic heterocycles. The van der Waals surface area contributed by atoms with Gasteiger partial charge >= 0.3 is 6.18 Å². The Bertz CT molecular complexity index is 144. The van der Waals surface area contributed by atoms with Crippen molar-refractivity contribution in [3.8, 4) is 0 Å². The first-order valence-corrected chi connectivity index (χ1v) is 3.73. The highest BCUT2D eigenvalue weighted by Gasteiger charge is 2.39. The lowest BCUT2D eigenvalue weighted by Crippen LogP contribution is -2.43. The van der Waals surface area contributed by atoms with Gasteiger partial charge in [-0.05, 0) is 6.42 Å². The van der Waals surface area contributed by atoms with Gasteiger partial charge in [0.05, 0.1) is 0 Å². The molecule has 0 radical (unpaired) electrons.